The fourth-order valence-corrected chi connectivity index (χ4v) is 0.161. The Labute approximate surface area is 51.7 Å². The molecular weight excluding hydrogens is 134 g/mol. The largest absolute Gasteiger partial charge is 0.365 e. The highest BCUT2D eigenvalue weighted by Crippen LogP contribution is 1.98. The Balaban J connectivity index is 3.82. The van der Waals surface area contributed by atoms with Gasteiger partial charge in [-0.3, -0.25) is 4.79 Å². The summed E-state index contributed by atoms with van der Waals surface area (Å²) in [6, 6.07) is 0. The minimum Gasteiger partial charge on any atom is -0.365 e. The molecule has 40 valence electrons. The quantitative estimate of drug-likeness (QED) is 0.401. The van der Waals surface area contributed by atoms with Crippen LogP contribution in [0.2, 0.25) is 0 Å². The normalized spacial score (nSPS) is 11.4. The number of nitrogens with two attached hydrogens (primary N) is 1. The van der Waals surface area contributed by atoms with Crippen molar-refractivity contribution < 1.29 is 4.79 Å². The van der Waals surface area contributed by atoms with Gasteiger partial charge in [0.2, 0.25) is 0 Å². The van der Waals surface area contributed by atoms with E-state index < -0.39 is 5.91 Å². The summed E-state index contributed by atoms with van der Waals surface area (Å²) in [5.74, 6) is -0.613. The van der Waals surface area contributed by atoms with E-state index in [1.807, 2.05) is 0 Å². The predicted octanol–water partition coefficient (Wildman–Crippen LogP) is 0.482. The maximum atomic E-state index is 9.92. The minimum atomic E-state index is -0.613. The number of carbonyl (C=O) groups is 1. The molecule has 0 aromatic carbocycles. The smallest absolute Gasteiger partial charge is 0.255 e. The third-order valence-electron chi connectivity index (χ3n) is 0.356. The Morgan fingerprint density at radius 3 is 2.29 bits per heavy atom. The molecule has 0 spiro atoms. The number of amides is 1. The SMILES string of the molecule is NC(=O)/C(S)=C/Cl. The van der Waals surface area contributed by atoms with Gasteiger partial charge in [0, 0.05) is 5.54 Å². The van der Waals surface area contributed by atoms with Gasteiger partial charge >= 0.3 is 0 Å². The van der Waals surface area contributed by atoms with Gasteiger partial charge in [-0.25, -0.2) is 0 Å². The van der Waals surface area contributed by atoms with Gasteiger partial charge in [-0.05, 0) is 0 Å². The molecule has 0 rings (SSSR count). The zero-order valence-corrected chi connectivity index (χ0v) is 5.04. The first-order valence-corrected chi connectivity index (χ1v) is 2.36. The van der Waals surface area contributed by atoms with Crippen molar-refractivity contribution in [3.8, 4) is 0 Å². The summed E-state index contributed by atoms with van der Waals surface area (Å²) in [7, 11) is 0. The fraction of sp³-hybridized carbons (Fsp3) is 0. The topological polar surface area (TPSA) is 43.1 Å². The molecule has 2 N–H and O–H groups in total. The van der Waals surface area contributed by atoms with E-state index in [9.17, 15) is 4.79 Å². The van der Waals surface area contributed by atoms with Crippen LogP contribution in [0.3, 0.4) is 0 Å². The van der Waals surface area contributed by atoms with Crippen molar-refractivity contribution in [2.45, 2.75) is 0 Å². The molecule has 0 aliphatic carbocycles. The lowest BCUT2D eigenvalue weighted by Gasteiger charge is -1.83. The lowest BCUT2D eigenvalue weighted by molar-refractivity contribution is -0.113. The van der Waals surface area contributed by atoms with Gasteiger partial charge in [0.15, 0.2) is 0 Å². The van der Waals surface area contributed by atoms with Crippen LogP contribution in [0.15, 0.2) is 10.4 Å². The van der Waals surface area contributed by atoms with Crippen molar-refractivity contribution in [2.75, 3.05) is 0 Å². The molecule has 0 saturated heterocycles. The average molecular weight is 138 g/mol. The number of primary amides is 1. The summed E-state index contributed by atoms with van der Waals surface area (Å²) >= 11 is 8.59. The first-order valence-electron chi connectivity index (χ1n) is 1.47. The van der Waals surface area contributed by atoms with Gasteiger partial charge in [0.25, 0.3) is 5.91 Å². The summed E-state index contributed by atoms with van der Waals surface area (Å²) in [5.41, 5.74) is 5.70. The van der Waals surface area contributed by atoms with Gasteiger partial charge in [-0.1, -0.05) is 11.6 Å². The zero-order chi connectivity index (χ0) is 5.86. The van der Waals surface area contributed by atoms with Crippen LogP contribution < -0.4 is 5.73 Å². The monoisotopic (exact) mass is 137 g/mol. The molecule has 0 atom stereocenters. The van der Waals surface area contributed by atoms with E-state index in [1.165, 1.54) is 0 Å². The standard InChI is InChI=1S/C3H4ClNOS/c4-1-2(7)3(5)6/h1,7H,(H2,5,6)/b2-1-. The van der Waals surface area contributed by atoms with Crippen LogP contribution in [-0.2, 0) is 4.79 Å². The van der Waals surface area contributed by atoms with Gasteiger partial charge < -0.3 is 5.73 Å². The number of carbonyl (C=O) groups excluding carboxylic acids is 1. The maximum absolute atomic E-state index is 9.92. The van der Waals surface area contributed by atoms with E-state index in [-0.39, 0.29) is 4.91 Å². The highest BCUT2D eigenvalue weighted by atomic mass is 35.5. The minimum absolute atomic E-state index is 0.0710. The van der Waals surface area contributed by atoms with E-state index in [0.717, 1.165) is 5.54 Å². The summed E-state index contributed by atoms with van der Waals surface area (Å²) in [5, 5.41) is 0. The van der Waals surface area contributed by atoms with Crippen LogP contribution in [-0.4, -0.2) is 5.91 Å². The summed E-state index contributed by atoms with van der Waals surface area (Å²) < 4.78 is 0. The van der Waals surface area contributed by atoms with Crippen LogP contribution in [0.5, 0.6) is 0 Å². The summed E-state index contributed by atoms with van der Waals surface area (Å²) in [6.07, 6.45) is 0. The maximum Gasteiger partial charge on any atom is 0.255 e. The van der Waals surface area contributed by atoms with Crippen molar-refractivity contribution in [1.29, 1.82) is 0 Å². The Bertz CT molecular complexity index is 112. The molecule has 1 amide bonds. The van der Waals surface area contributed by atoms with Crippen molar-refractivity contribution >= 4 is 30.1 Å². The number of hydrogen-bond donors (Lipinski definition) is 2. The lowest BCUT2D eigenvalue weighted by Crippen LogP contribution is -2.09. The fourth-order valence-electron chi connectivity index (χ4n) is 0.0538. The lowest BCUT2D eigenvalue weighted by atomic mass is 10.6. The molecular formula is C3H4ClNOS. The van der Waals surface area contributed by atoms with Gasteiger partial charge in [0.1, 0.15) is 0 Å². The Kier molecular flexibility index (Phi) is 2.87. The molecule has 0 heterocycles. The van der Waals surface area contributed by atoms with Crippen LogP contribution >= 0.6 is 24.2 Å². The molecule has 0 radical (unpaired) electrons. The van der Waals surface area contributed by atoms with E-state index >= 15 is 0 Å². The molecule has 0 bridgehead atoms. The second-order valence-corrected chi connectivity index (χ2v) is 1.56. The average Bonchev–Trinajstić information content (AvgIpc) is 1.65. The second-order valence-electron chi connectivity index (χ2n) is 0.859. The van der Waals surface area contributed by atoms with Crippen molar-refractivity contribution in [1.82, 2.24) is 0 Å². The van der Waals surface area contributed by atoms with Crippen LogP contribution in [0.25, 0.3) is 0 Å². The summed E-state index contributed by atoms with van der Waals surface area (Å²) in [6.45, 7) is 0. The number of thiol groups is 1. The Hall–Kier alpha value is -0.150. The molecule has 0 unspecified atom stereocenters. The summed E-state index contributed by atoms with van der Waals surface area (Å²) in [4.78, 5) is 9.99. The molecule has 0 fully saturated rings. The van der Waals surface area contributed by atoms with E-state index in [4.69, 9.17) is 11.6 Å². The molecule has 0 aromatic heterocycles. The first-order chi connectivity index (χ1) is 3.18. The van der Waals surface area contributed by atoms with Gasteiger partial charge in [0.05, 0.1) is 4.91 Å². The van der Waals surface area contributed by atoms with Crippen molar-refractivity contribution in [3.05, 3.63) is 10.4 Å². The molecule has 7 heavy (non-hydrogen) atoms. The Morgan fingerprint density at radius 1 is 1.86 bits per heavy atom. The van der Waals surface area contributed by atoms with Crippen LogP contribution in [0.1, 0.15) is 0 Å². The molecule has 0 aliphatic rings. The van der Waals surface area contributed by atoms with Crippen LogP contribution in [0, 0.1) is 0 Å². The third kappa shape index (κ3) is 2.53. The highest BCUT2D eigenvalue weighted by Gasteiger charge is 1.92. The molecule has 0 aromatic rings. The zero-order valence-electron chi connectivity index (χ0n) is 3.39. The second kappa shape index (κ2) is 2.93. The number of rotatable bonds is 1. The predicted molar refractivity (Wildman–Crippen MR) is 32.1 cm³/mol. The first kappa shape index (κ1) is 6.85. The molecule has 4 heteroatoms. The van der Waals surface area contributed by atoms with E-state index in [1.54, 1.807) is 0 Å². The molecule has 0 aliphatic heterocycles. The highest BCUT2D eigenvalue weighted by molar-refractivity contribution is 7.85. The van der Waals surface area contributed by atoms with Gasteiger partial charge in [-0.2, -0.15) is 0 Å². The van der Waals surface area contributed by atoms with E-state index in [2.05, 4.69) is 18.4 Å². The Morgan fingerprint density at radius 2 is 2.29 bits per heavy atom. The third-order valence-corrected chi connectivity index (χ3v) is 1.08. The number of halogens is 1. The van der Waals surface area contributed by atoms with Crippen molar-refractivity contribution in [3.63, 3.8) is 0 Å². The molecule has 2 nitrogen and oxygen atoms in total. The van der Waals surface area contributed by atoms with Crippen molar-refractivity contribution in [2.24, 2.45) is 5.73 Å². The number of hydrogen-bond acceptors (Lipinski definition) is 2. The van der Waals surface area contributed by atoms with Gasteiger partial charge in [-0.15, -0.1) is 12.6 Å². The van der Waals surface area contributed by atoms with Crippen LogP contribution in [0.4, 0.5) is 0 Å². The van der Waals surface area contributed by atoms with E-state index in [0.29, 0.717) is 0 Å². The molecule has 0 saturated carbocycles.